The Kier molecular flexibility index (Phi) is 10.3. The number of carbonyl (C=O) groups excluding carboxylic acids is 1. The monoisotopic (exact) mass is 564 g/mol. The fourth-order valence-electron chi connectivity index (χ4n) is 5.17. The van der Waals surface area contributed by atoms with Crippen molar-refractivity contribution in [2.24, 2.45) is 0 Å². The standard InChI is InChI=1S/C26H30O2S.C5H6N2O2S/c1-2-3-4-5-6-9-19-29(27,28)25-14-10-12-21-16-17-23-22-13-8-7-11-20(22)15-18-24(23)26(21)25;8-5(6-9)4-2-1-3-10-7-4/h6-9,11,13,15-18,25H,2-5,10,12,14,19H2,1H3;1-3,7,9H,(H,6,8). The smallest absolute Gasteiger partial charge is 0.291 e. The van der Waals surface area contributed by atoms with Crippen LogP contribution in [0.25, 0.3) is 21.5 Å². The average molecular weight is 565 g/mol. The first-order chi connectivity index (χ1) is 19.0. The van der Waals surface area contributed by atoms with Crippen LogP contribution in [0.15, 0.2) is 83.9 Å². The minimum absolute atomic E-state index is 0.146. The summed E-state index contributed by atoms with van der Waals surface area (Å²) in [5.74, 6) is -0.385. The summed E-state index contributed by atoms with van der Waals surface area (Å²) >= 11 is 1.28. The third-order valence-electron chi connectivity index (χ3n) is 7.12. The molecule has 6 nitrogen and oxygen atoms in total. The molecule has 5 rings (SSSR count). The van der Waals surface area contributed by atoms with E-state index in [-0.39, 0.29) is 5.75 Å². The number of rotatable bonds is 8. The van der Waals surface area contributed by atoms with E-state index >= 15 is 0 Å². The van der Waals surface area contributed by atoms with Crippen LogP contribution < -0.4 is 10.2 Å². The predicted molar refractivity (Wildman–Crippen MR) is 162 cm³/mol. The quantitative estimate of drug-likeness (QED) is 0.0677. The van der Waals surface area contributed by atoms with Crippen molar-refractivity contribution in [3.63, 3.8) is 0 Å². The number of unbranched alkanes of at least 4 members (excludes halogenated alkanes) is 3. The summed E-state index contributed by atoms with van der Waals surface area (Å²) < 4.78 is 29.3. The molecule has 0 bridgehead atoms. The van der Waals surface area contributed by atoms with Gasteiger partial charge in [0, 0.05) is 0 Å². The van der Waals surface area contributed by atoms with Gasteiger partial charge >= 0.3 is 0 Å². The largest absolute Gasteiger partial charge is 0.321 e. The van der Waals surface area contributed by atoms with Gasteiger partial charge in [-0.25, -0.2) is 13.9 Å². The minimum atomic E-state index is -3.22. The number of amides is 1. The van der Waals surface area contributed by atoms with Crippen LogP contribution in [0.5, 0.6) is 0 Å². The number of hydrogen-bond acceptors (Lipinski definition) is 6. The van der Waals surface area contributed by atoms with Crippen molar-refractivity contribution in [2.45, 2.75) is 57.1 Å². The van der Waals surface area contributed by atoms with Gasteiger partial charge in [-0.15, -0.1) is 0 Å². The van der Waals surface area contributed by atoms with E-state index < -0.39 is 21.0 Å². The van der Waals surface area contributed by atoms with E-state index in [0.717, 1.165) is 43.1 Å². The Morgan fingerprint density at radius 1 is 1.08 bits per heavy atom. The lowest BCUT2D eigenvalue weighted by molar-refractivity contribution is -0.125. The van der Waals surface area contributed by atoms with Gasteiger partial charge in [0.15, 0.2) is 9.84 Å². The van der Waals surface area contributed by atoms with Crippen molar-refractivity contribution in [2.75, 3.05) is 5.75 Å². The van der Waals surface area contributed by atoms with Crippen LogP contribution in [0.4, 0.5) is 0 Å². The average Bonchev–Trinajstić information content (AvgIpc) is 2.98. The zero-order valence-corrected chi connectivity index (χ0v) is 23.9. The Balaban J connectivity index is 0.000000298. The number of benzene rings is 3. The second-order valence-electron chi connectivity index (χ2n) is 9.77. The van der Waals surface area contributed by atoms with Gasteiger partial charge in [0.2, 0.25) is 0 Å². The van der Waals surface area contributed by atoms with Crippen molar-refractivity contribution in [1.29, 1.82) is 0 Å². The number of allylic oxidation sites excluding steroid dienone is 3. The van der Waals surface area contributed by atoms with E-state index in [0.29, 0.717) is 5.70 Å². The third-order valence-corrected chi connectivity index (χ3v) is 9.75. The molecular weight excluding hydrogens is 528 g/mol. The van der Waals surface area contributed by atoms with Gasteiger partial charge < -0.3 is 4.72 Å². The van der Waals surface area contributed by atoms with Gasteiger partial charge in [0.05, 0.1) is 11.0 Å². The highest BCUT2D eigenvalue weighted by Gasteiger charge is 2.32. The molecule has 0 aromatic heterocycles. The number of carbonyl (C=O) groups is 1. The molecule has 1 atom stereocenters. The molecule has 39 heavy (non-hydrogen) atoms. The predicted octanol–water partition coefficient (Wildman–Crippen LogP) is 7.06. The molecule has 1 aliphatic carbocycles. The molecule has 0 radical (unpaired) electrons. The maximum atomic E-state index is 13.3. The maximum absolute atomic E-state index is 13.3. The Morgan fingerprint density at radius 2 is 1.90 bits per heavy atom. The second-order valence-corrected chi connectivity index (χ2v) is 12.7. The molecule has 0 fully saturated rings. The summed E-state index contributed by atoms with van der Waals surface area (Å²) in [7, 11) is -3.22. The molecule has 1 unspecified atom stereocenters. The lowest BCUT2D eigenvalue weighted by atomic mass is 9.86. The zero-order valence-electron chi connectivity index (χ0n) is 22.2. The lowest BCUT2D eigenvalue weighted by Crippen LogP contribution is -2.26. The molecule has 1 aliphatic heterocycles. The number of fused-ring (bicyclic) bond motifs is 5. The number of aryl methyl sites for hydroxylation is 1. The van der Waals surface area contributed by atoms with Crippen molar-refractivity contribution in [3.8, 4) is 0 Å². The van der Waals surface area contributed by atoms with E-state index in [9.17, 15) is 13.2 Å². The first kappa shape index (κ1) is 28.9. The second kappa shape index (κ2) is 13.8. The number of nitrogens with one attached hydrogen (secondary N) is 2. The first-order valence-electron chi connectivity index (χ1n) is 13.5. The van der Waals surface area contributed by atoms with Crippen LogP contribution in [0.2, 0.25) is 0 Å². The molecule has 0 saturated heterocycles. The van der Waals surface area contributed by atoms with Crippen molar-refractivity contribution in [3.05, 3.63) is 95.1 Å². The van der Waals surface area contributed by atoms with Gasteiger partial charge in [-0.1, -0.05) is 86.5 Å². The van der Waals surface area contributed by atoms with E-state index in [1.54, 1.807) is 17.6 Å². The number of hydroxylamine groups is 1. The topological polar surface area (TPSA) is 95.5 Å². The van der Waals surface area contributed by atoms with Crippen LogP contribution in [0.3, 0.4) is 0 Å². The Morgan fingerprint density at radius 3 is 2.67 bits per heavy atom. The van der Waals surface area contributed by atoms with E-state index in [4.69, 9.17) is 5.21 Å². The van der Waals surface area contributed by atoms with Gasteiger partial charge in [-0.2, -0.15) is 0 Å². The number of sulfone groups is 1. The third kappa shape index (κ3) is 7.12. The van der Waals surface area contributed by atoms with Crippen LogP contribution in [-0.4, -0.2) is 25.3 Å². The molecule has 3 N–H and O–H groups in total. The Hall–Kier alpha value is -3.07. The summed E-state index contributed by atoms with van der Waals surface area (Å²) in [4.78, 5) is 10.6. The van der Waals surface area contributed by atoms with Crippen molar-refractivity contribution < 1.29 is 18.4 Å². The maximum Gasteiger partial charge on any atom is 0.291 e. The minimum Gasteiger partial charge on any atom is -0.321 e. The molecule has 1 amide bonds. The molecule has 0 spiro atoms. The fourth-order valence-corrected chi connectivity index (χ4v) is 7.49. The highest BCUT2D eigenvalue weighted by Crippen LogP contribution is 2.42. The van der Waals surface area contributed by atoms with E-state index in [2.05, 4.69) is 54.1 Å². The van der Waals surface area contributed by atoms with Gasteiger partial charge in [-0.3, -0.25) is 10.0 Å². The molecule has 8 heteroatoms. The Labute approximate surface area is 235 Å². The van der Waals surface area contributed by atoms with E-state index in [1.165, 1.54) is 52.0 Å². The summed E-state index contributed by atoms with van der Waals surface area (Å²) in [5.41, 5.74) is 4.12. The van der Waals surface area contributed by atoms with Crippen molar-refractivity contribution in [1.82, 2.24) is 10.2 Å². The SMILES string of the molecule is CCCCCC=CCS(=O)(=O)C1CCCc2ccc3c(ccc4ccccc43)c21.O=C(NO)C1=CC=CSN1. The molecule has 206 valence electrons. The molecule has 3 aromatic carbocycles. The van der Waals surface area contributed by atoms with E-state index in [1.807, 2.05) is 18.2 Å². The van der Waals surface area contributed by atoms with Crippen LogP contribution in [-0.2, 0) is 21.1 Å². The summed E-state index contributed by atoms with van der Waals surface area (Å²) in [5, 5.41) is 14.2. The van der Waals surface area contributed by atoms with Gasteiger partial charge in [0.1, 0.15) is 5.70 Å². The molecule has 3 aromatic rings. The molecule has 1 heterocycles. The fraction of sp³-hybridized carbons (Fsp3) is 0.323. The first-order valence-corrected chi connectivity index (χ1v) is 16.1. The van der Waals surface area contributed by atoms with Gasteiger partial charge in [-0.05, 0) is 88.2 Å². The van der Waals surface area contributed by atoms with Crippen LogP contribution in [0, 0.1) is 0 Å². The summed E-state index contributed by atoms with van der Waals surface area (Å²) in [6.07, 6.45) is 14.3. The highest BCUT2D eigenvalue weighted by atomic mass is 32.2. The molecule has 2 aliphatic rings. The normalized spacial score (nSPS) is 16.8. The Bertz CT molecular complexity index is 1510. The number of hydrogen-bond donors (Lipinski definition) is 3. The summed E-state index contributed by atoms with van der Waals surface area (Å²) in [6.45, 7) is 2.18. The van der Waals surface area contributed by atoms with Gasteiger partial charge in [0.25, 0.3) is 5.91 Å². The zero-order chi connectivity index (χ0) is 27.7. The molecular formula is C31H36N2O4S2. The lowest BCUT2D eigenvalue weighted by Gasteiger charge is -2.27. The van der Waals surface area contributed by atoms with Crippen LogP contribution in [0.1, 0.15) is 61.8 Å². The van der Waals surface area contributed by atoms with Crippen LogP contribution >= 0.6 is 11.9 Å². The van der Waals surface area contributed by atoms with Crippen molar-refractivity contribution >= 4 is 49.2 Å². The summed E-state index contributed by atoms with van der Waals surface area (Å²) in [6, 6.07) is 17.0. The molecule has 0 saturated carbocycles. The highest BCUT2D eigenvalue weighted by molar-refractivity contribution is 8.00.